The minimum absolute atomic E-state index is 0.703. The lowest BCUT2D eigenvalue weighted by atomic mass is 10.2. The van der Waals surface area contributed by atoms with E-state index in [0.717, 1.165) is 34.3 Å². The van der Waals surface area contributed by atoms with E-state index in [-0.39, 0.29) is 0 Å². The van der Waals surface area contributed by atoms with E-state index in [1.807, 2.05) is 29.8 Å². The number of thiazole rings is 1. The van der Waals surface area contributed by atoms with E-state index in [1.54, 1.807) is 18.4 Å². The van der Waals surface area contributed by atoms with Crippen molar-refractivity contribution in [3.05, 3.63) is 45.4 Å². The van der Waals surface area contributed by atoms with Crippen LogP contribution in [-0.4, -0.2) is 18.6 Å². The van der Waals surface area contributed by atoms with Crippen LogP contribution in [0.3, 0.4) is 0 Å². The Morgan fingerprint density at radius 1 is 1.44 bits per heavy atom. The molecule has 3 nitrogen and oxygen atoms in total. The fraction of sp³-hybridized carbons (Fsp3) is 0.308. The lowest BCUT2D eigenvalue weighted by Crippen LogP contribution is -2.17. The number of rotatable bonds is 6. The maximum Gasteiger partial charge on any atom is 0.124 e. The minimum atomic E-state index is 0.703. The average Bonchev–Trinajstić information content (AvgIpc) is 2.89. The van der Waals surface area contributed by atoms with Gasteiger partial charge in [0.2, 0.25) is 0 Å². The first-order valence-corrected chi connectivity index (χ1v) is 6.97. The molecule has 1 aromatic heterocycles. The van der Waals surface area contributed by atoms with Crippen LogP contribution in [0.15, 0.2) is 29.8 Å². The van der Waals surface area contributed by atoms with E-state index in [4.69, 9.17) is 16.3 Å². The largest absolute Gasteiger partial charge is 0.496 e. The third-order valence-corrected chi connectivity index (χ3v) is 3.79. The van der Waals surface area contributed by atoms with Crippen molar-refractivity contribution in [1.29, 1.82) is 0 Å². The summed E-state index contributed by atoms with van der Waals surface area (Å²) in [5, 5.41) is 7.23. The second-order valence-electron chi connectivity index (χ2n) is 3.77. The monoisotopic (exact) mass is 282 g/mol. The van der Waals surface area contributed by atoms with Crippen molar-refractivity contribution in [3.8, 4) is 5.75 Å². The summed E-state index contributed by atoms with van der Waals surface area (Å²) in [5.41, 5.74) is 1.00. The van der Waals surface area contributed by atoms with Crippen LogP contribution in [0.2, 0.25) is 5.02 Å². The molecular weight excluding hydrogens is 268 g/mol. The molecule has 0 amide bonds. The molecule has 0 radical (unpaired) electrons. The SMILES string of the molecule is COc1cccc(Cl)c1CNCCc1nccs1. The summed E-state index contributed by atoms with van der Waals surface area (Å²) in [6, 6.07) is 5.69. The molecule has 0 aliphatic rings. The molecule has 96 valence electrons. The summed E-state index contributed by atoms with van der Waals surface area (Å²) in [6.07, 6.45) is 2.77. The summed E-state index contributed by atoms with van der Waals surface area (Å²) >= 11 is 7.83. The number of nitrogens with one attached hydrogen (secondary N) is 1. The van der Waals surface area contributed by atoms with Crippen LogP contribution in [0.25, 0.3) is 0 Å². The van der Waals surface area contributed by atoms with Crippen molar-refractivity contribution in [2.45, 2.75) is 13.0 Å². The van der Waals surface area contributed by atoms with Gasteiger partial charge in [-0.25, -0.2) is 4.98 Å². The molecule has 0 bridgehead atoms. The Labute approximate surface area is 116 Å². The maximum absolute atomic E-state index is 6.16. The lowest BCUT2D eigenvalue weighted by molar-refractivity contribution is 0.408. The quantitative estimate of drug-likeness (QED) is 0.827. The van der Waals surface area contributed by atoms with Crippen LogP contribution in [-0.2, 0) is 13.0 Å². The third-order valence-electron chi connectivity index (χ3n) is 2.60. The first kappa shape index (κ1) is 13.3. The Morgan fingerprint density at radius 2 is 2.33 bits per heavy atom. The van der Waals surface area contributed by atoms with Crippen LogP contribution < -0.4 is 10.1 Å². The maximum atomic E-state index is 6.16. The van der Waals surface area contributed by atoms with Gasteiger partial charge in [-0.3, -0.25) is 0 Å². The predicted molar refractivity (Wildman–Crippen MR) is 75.5 cm³/mol. The van der Waals surface area contributed by atoms with Crippen molar-refractivity contribution < 1.29 is 4.74 Å². The first-order valence-electron chi connectivity index (χ1n) is 5.71. The zero-order chi connectivity index (χ0) is 12.8. The standard InChI is InChI=1S/C13H15ClN2OS/c1-17-12-4-2-3-11(14)10(12)9-15-6-5-13-16-7-8-18-13/h2-4,7-8,15H,5-6,9H2,1H3. The molecular formula is C13H15ClN2OS. The number of benzene rings is 1. The molecule has 1 heterocycles. The first-order chi connectivity index (χ1) is 8.81. The molecule has 0 aliphatic heterocycles. The third kappa shape index (κ3) is 3.45. The molecule has 0 fully saturated rings. The zero-order valence-electron chi connectivity index (χ0n) is 10.1. The van der Waals surface area contributed by atoms with Crippen LogP contribution in [0.1, 0.15) is 10.6 Å². The number of methoxy groups -OCH3 is 1. The molecule has 1 N–H and O–H groups in total. The van der Waals surface area contributed by atoms with E-state index in [9.17, 15) is 0 Å². The van der Waals surface area contributed by atoms with Gasteiger partial charge < -0.3 is 10.1 Å². The highest BCUT2D eigenvalue weighted by Gasteiger charge is 2.06. The van der Waals surface area contributed by atoms with Gasteiger partial charge >= 0.3 is 0 Å². The van der Waals surface area contributed by atoms with Crippen molar-refractivity contribution in [1.82, 2.24) is 10.3 Å². The zero-order valence-corrected chi connectivity index (χ0v) is 11.7. The van der Waals surface area contributed by atoms with Gasteiger partial charge in [0.05, 0.1) is 12.1 Å². The number of hydrogen-bond acceptors (Lipinski definition) is 4. The Bertz CT molecular complexity index is 488. The molecule has 0 spiro atoms. The van der Waals surface area contributed by atoms with Gasteiger partial charge in [0.15, 0.2) is 0 Å². The number of halogens is 1. The van der Waals surface area contributed by atoms with Gasteiger partial charge in [-0.2, -0.15) is 0 Å². The van der Waals surface area contributed by atoms with Gasteiger partial charge in [0, 0.05) is 41.7 Å². The van der Waals surface area contributed by atoms with Crippen LogP contribution in [0.4, 0.5) is 0 Å². The number of hydrogen-bond donors (Lipinski definition) is 1. The molecule has 0 aliphatic carbocycles. The second-order valence-corrected chi connectivity index (χ2v) is 5.16. The van der Waals surface area contributed by atoms with Crippen LogP contribution in [0.5, 0.6) is 5.75 Å². The Hall–Kier alpha value is -1.10. The molecule has 0 saturated carbocycles. The summed E-state index contributed by atoms with van der Waals surface area (Å²) < 4.78 is 5.29. The van der Waals surface area contributed by atoms with Gasteiger partial charge in [0.1, 0.15) is 5.75 Å². The molecule has 0 atom stereocenters. The number of nitrogens with zero attached hydrogens (tertiary/aromatic N) is 1. The van der Waals surface area contributed by atoms with E-state index in [1.165, 1.54) is 0 Å². The predicted octanol–water partition coefficient (Wildman–Crippen LogP) is 3.14. The van der Waals surface area contributed by atoms with Crippen LogP contribution in [0, 0.1) is 0 Å². The van der Waals surface area contributed by atoms with Crippen LogP contribution >= 0.6 is 22.9 Å². The molecule has 18 heavy (non-hydrogen) atoms. The molecule has 1 aromatic carbocycles. The number of aromatic nitrogens is 1. The lowest BCUT2D eigenvalue weighted by Gasteiger charge is -2.10. The average molecular weight is 283 g/mol. The molecule has 2 aromatic rings. The summed E-state index contributed by atoms with van der Waals surface area (Å²) in [5.74, 6) is 0.823. The fourth-order valence-corrected chi connectivity index (χ4v) is 2.54. The minimum Gasteiger partial charge on any atom is -0.496 e. The van der Waals surface area contributed by atoms with E-state index < -0.39 is 0 Å². The van der Waals surface area contributed by atoms with E-state index in [2.05, 4.69) is 10.3 Å². The van der Waals surface area contributed by atoms with Gasteiger partial charge in [-0.05, 0) is 12.1 Å². The topological polar surface area (TPSA) is 34.1 Å². The highest BCUT2D eigenvalue weighted by Crippen LogP contribution is 2.25. The molecule has 2 rings (SSSR count). The van der Waals surface area contributed by atoms with E-state index >= 15 is 0 Å². The summed E-state index contributed by atoms with van der Waals surface area (Å²) in [7, 11) is 1.66. The van der Waals surface area contributed by atoms with E-state index in [0.29, 0.717) is 6.54 Å². The Balaban J connectivity index is 1.86. The normalized spacial score (nSPS) is 10.6. The van der Waals surface area contributed by atoms with Gasteiger partial charge in [-0.1, -0.05) is 17.7 Å². The number of ether oxygens (including phenoxy) is 1. The fourth-order valence-electron chi connectivity index (χ4n) is 1.69. The van der Waals surface area contributed by atoms with Crippen molar-refractivity contribution in [2.24, 2.45) is 0 Å². The summed E-state index contributed by atoms with van der Waals surface area (Å²) in [4.78, 5) is 4.24. The van der Waals surface area contributed by atoms with Crippen molar-refractivity contribution >= 4 is 22.9 Å². The van der Waals surface area contributed by atoms with Crippen molar-refractivity contribution in [2.75, 3.05) is 13.7 Å². The van der Waals surface area contributed by atoms with Gasteiger partial charge in [-0.15, -0.1) is 11.3 Å². The van der Waals surface area contributed by atoms with Crippen molar-refractivity contribution in [3.63, 3.8) is 0 Å². The Kier molecular flexibility index (Phi) is 4.99. The summed E-state index contributed by atoms with van der Waals surface area (Å²) in [6.45, 7) is 1.58. The van der Waals surface area contributed by atoms with Gasteiger partial charge in [0.25, 0.3) is 0 Å². The molecule has 0 unspecified atom stereocenters. The highest BCUT2D eigenvalue weighted by atomic mass is 35.5. The molecule has 0 saturated heterocycles. The molecule has 5 heteroatoms. The Morgan fingerprint density at radius 3 is 3.06 bits per heavy atom. The smallest absolute Gasteiger partial charge is 0.124 e. The second kappa shape index (κ2) is 6.73. The highest BCUT2D eigenvalue weighted by molar-refractivity contribution is 7.09.